The quantitative estimate of drug-likeness (QED) is 0.909. The SMILES string of the molecule is CN(Cc1ccc(C(=O)O)cc1)C1CCCCC1(C)C. The van der Waals surface area contributed by atoms with Crippen LogP contribution < -0.4 is 0 Å². The highest BCUT2D eigenvalue weighted by molar-refractivity contribution is 5.87. The molecule has 20 heavy (non-hydrogen) atoms. The van der Waals surface area contributed by atoms with Gasteiger partial charge >= 0.3 is 5.97 Å². The minimum atomic E-state index is -0.863. The molecule has 1 saturated carbocycles. The van der Waals surface area contributed by atoms with Gasteiger partial charge in [0.1, 0.15) is 0 Å². The van der Waals surface area contributed by atoms with Gasteiger partial charge in [0, 0.05) is 12.6 Å². The van der Waals surface area contributed by atoms with Crippen LogP contribution in [0.1, 0.15) is 55.5 Å². The monoisotopic (exact) mass is 275 g/mol. The maximum atomic E-state index is 10.9. The molecule has 1 aromatic rings. The second-order valence-electron chi connectivity index (χ2n) is 6.67. The molecule has 0 saturated heterocycles. The summed E-state index contributed by atoms with van der Waals surface area (Å²) in [6, 6.07) is 7.84. The summed E-state index contributed by atoms with van der Waals surface area (Å²) in [5.74, 6) is -0.863. The second-order valence-corrected chi connectivity index (χ2v) is 6.67. The van der Waals surface area contributed by atoms with Gasteiger partial charge in [0.25, 0.3) is 0 Å². The van der Waals surface area contributed by atoms with E-state index in [1.165, 1.54) is 31.2 Å². The number of hydrogen-bond acceptors (Lipinski definition) is 2. The first-order chi connectivity index (χ1) is 9.40. The smallest absolute Gasteiger partial charge is 0.335 e. The Labute approximate surface area is 121 Å². The zero-order valence-corrected chi connectivity index (χ0v) is 12.7. The number of benzene rings is 1. The van der Waals surface area contributed by atoms with E-state index in [2.05, 4.69) is 25.8 Å². The lowest BCUT2D eigenvalue weighted by Gasteiger charge is -2.44. The third-order valence-corrected chi connectivity index (χ3v) is 4.62. The lowest BCUT2D eigenvalue weighted by atomic mass is 9.72. The molecule has 3 nitrogen and oxygen atoms in total. The molecule has 1 atom stereocenters. The van der Waals surface area contributed by atoms with Crippen molar-refractivity contribution in [2.75, 3.05) is 7.05 Å². The highest BCUT2D eigenvalue weighted by Crippen LogP contribution is 2.38. The number of aromatic carboxylic acids is 1. The zero-order valence-electron chi connectivity index (χ0n) is 12.7. The molecular weight excluding hydrogens is 250 g/mol. The lowest BCUT2D eigenvalue weighted by Crippen LogP contribution is -2.44. The second kappa shape index (κ2) is 5.96. The van der Waals surface area contributed by atoms with Crippen LogP contribution in [0.5, 0.6) is 0 Å². The molecule has 0 aliphatic heterocycles. The van der Waals surface area contributed by atoms with Crippen LogP contribution in [0.4, 0.5) is 0 Å². The lowest BCUT2D eigenvalue weighted by molar-refractivity contribution is 0.0629. The number of carboxylic acids is 1. The average molecular weight is 275 g/mol. The Morgan fingerprint density at radius 1 is 1.30 bits per heavy atom. The predicted molar refractivity (Wildman–Crippen MR) is 80.9 cm³/mol. The molecule has 2 rings (SSSR count). The van der Waals surface area contributed by atoms with Gasteiger partial charge in [-0.15, -0.1) is 0 Å². The Morgan fingerprint density at radius 2 is 1.95 bits per heavy atom. The average Bonchev–Trinajstić information content (AvgIpc) is 2.38. The van der Waals surface area contributed by atoms with E-state index < -0.39 is 5.97 Å². The fraction of sp³-hybridized carbons (Fsp3) is 0.588. The summed E-state index contributed by atoms with van der Waals surface area (Å²) in [6.07, 6.45) is 5.21. The van der Waals surface area contributed by atoms with Gasteiger partial charge in [0.05, 0.1) is 5.56 Å². The topological polar surface area (TPSA) is 40.5 Å². The largest absolute Gasteiger partial charge is 0.478 e. The Morgan fingerprint density at radius 3 is 2.50 bits per heavy atom. The molecule has 110 valence electrons. The minimum absolute atomic E-state index is 0.356. The van der Waals surface area contributed by atoms with E-state index in [-0.39, 0.29) is 0 Å². The van der Waals surface area contributed by atoms with Crippen LogP contribution >= 0.6 is 0 Å². The van der Waals surface area contributed by atoms with Gasteiger partial charge in [0.15, 0.2) is 0 Å². The summed E-state index contributed by atoms with van der Waals surface area (Å²) >= 11 is 0. The zero-order chi connectivity index (χ0) is 14.8. The molecule has 1 unspecified atom stereocenters. The molecule has 0 heterocycles. The van der Waals surface area contributed by atoms with Gasteiger partial charge in [-0.25, -0.2) is 4.79 Å². The molecule has 0 amide bonds. The summed E-state index contributed by atoms with van der Waals surface area (Å²) in [4.78, 5) is 13.3. The van der Waals surface area contributed by atoms with Gasteiger partial charge in [-0.3, -0.25) is 4.90 Å². The molecule has 1 aromatic carbocycles. The maximum absolute atomic E-state index is 10.9. The Bertz CT molecular complexity index is 464. The van der Waals surface area contributed by atoms with Crippen molar-refractivity contribution in [3.05, 3.63) is 35.4 Å². The Balaban J connectivity index is 2.03. The summed E-state index contributed by atoms with van der Waals surface area (Å²) < 4.78 is 0. The van der Waals surface area contributed by atoms with E-state index in [4.69, 9.17) is 5.11 Å². The van der Waals surface area contributed by atoms with Gasteiger partial charge in [-0.1, -0.05) is 38.8 Å². The number of hydrogen-bond donors (Lipinski definition) is 1. The number of rotatable bonds is 4. The molecule has 0 spiro atoms. The van der Waals surface area contributed by atoms with Crippen LogP contribution in [0.25, 0.3) is 0 Å². The van der Waals surface area contributed by atoms with Crippen molar-refractivity contribution in [2.24, 2.45) is 5.41 Å². The van der Waals surface area contributed by atoms with Crippen molar-refractivity contribution >= 4 is 5.97 Å². The molecule has 0 aromatic heterocycles. The normalized spacial score (nSPS) is 21.9. The van der Waals surface area contributed by atoms with Crippen LogP contribution in [0, 0.1) is 5.41 Å². The van der Waals surface area contributed by atoms with E-state index in [1.54, 1.807) is 12.1 Å². The third-order valence-electron chi connectivity index (χ3n) is 4.62. The summed E-state index contributed by atoms with van der Waals surface area (Å²) in [5.41, 5.74) is 1.90. The number of carbonyl (C=O) groups is 1. The Kier molecular flexibility index (Phi) is 4.48. The van der Waals surface area contributed by atoms with Crippen molar-refractivity contribution in [1.82, 2.24) is 4.90 Å². The summed E-state index contributed by atoms with van der Waals surface area (Å²) in [7, 11) is 2.18. The highest BCUT2D eigenvalue weighted by Gasteiger charge is 2.34. The van der Waals surface area contributed by atoms with E-state index in [9.17, 15) is 4.79 Å². The fourth-order valence-electron chi connectivity index (χ4n) is 3.44. The molecule has 1 N–H and O–H groups in total. The molecule has 1 aliphatic rings. The van der Waals surface area contributed by atoms with E-state index in [0.717, 1.165) is 6.54 Å². The number of carboxylic acid groups (broad SMARTS) is 1. The van der Waals surface area contributed by atoms with Crippen LogP contribution in [0.15, 0.2) is 24.3 Å². The first-order valence-electron chi connectivity index (χ1n) is 7.42. The first-order valence-corrected chi connectivity index (χ1v) is 7.42. The van der Waals surface area contributed by atoms with Crippen LogP contribution in [0.2, 0.25) is 0 Å². The van der Waals surface area contributed by atoms with E-state index in [0.29, 0.717) is 17.0 Å². The van der Waals surface area contributed by atoms with Crippen molar-refractivity contribution in [1.29, 1.82) is 0 Å². The highest BCUT2D eigenvalue weighted by atomic mass is 16.4. The standard InChI is InChI=1S/C17H25NO2/c1-17(2)11-5-4-6-15(17)18(3)12-13-7-9-14(10-8-13)16(19)20/h7-10,15H,4-6,11-12H2,1-3H3,(H,19,20). The molecule has 1 aliphatic carbocycles. The number of nitrogens with zero attached hydrogens (tertiary/aromatic N) is 1. The fourth-order valence-corrected chi connectivity index (χ4v) is 3.44. The Hall–Kier alpha value is -1.35. The van der Waals surface area contributed by atoms with Crippen molar-refractivity contribution in [3.8, 4) is 0 Å². The van der Waals surface area contributed by atoms with Crippen LogP contribution in [-0.4, -0.2) is 29.1 Å². The van der Waals surface area contributed by atoms with E-state index >= 15 is 0 Å². The summed E-state index contributed by atoms with van der Waals surface area (Å²) in [6.45, 7) is 5.61. The minimum Gasteiger partial charge on any atom is -0.478 e. The van der Waals surface area contributed by atoms with E-state index in [1.807, 2.05) is 12.1 Å². The van der Waals surface area contributed by atoms with Gasteiger partial charge in [0.2, 0.25) is 0 Å². The predicted octanol–water partition coefficient (Wildman–Crippen LogP) is 3.79. The van der Waals surface area contributed by atoms with Gasteiger partial charge in [-0.2, -0.15) is 0 Å². The summed E-state index contributed by atoms with van der Waals surface area (Å²) in [5, 5.41) is 8.92. The van der Waals surface area contributed by atoms with Crippen molar-refractivity contribution < 1.29 is 9.90 Å². The van der Waals surface area contributed by atoms with Crippen LogP contribution in [0.3, 0.4) is 0 Å². The molecule has 1 fully saturated rings. The first kappa shape index (κ1) is 15.0. The maximum Gasteiger partial charge on any atom is 0.335 e. The van der Waals surface area contributed by atoms with Gasteiger partial charge in [-0.05, 0) is 43.0 Å². The molecular formula is C17H25NO2. The molecule has 0 bridgehead atoms. The molecule has 0 radical (unpaired) electrons. The third kappa shape index (κ3) is 3.40. The van der Waals surface area contributed by atoms with Crippen molar-refractivity contribution in [3.63, 3.8) is 0 Å². The van der Waals surface area contributed by atoms with Crippen LogP contribution in [-0.2, 0) is 6.54 Å². The van der Waals surface area contributed by atoms with Crippen molar-refractivity contribution in [2.45, 2.75) is 52.1 Å². The molecule has 3 heteroatoms. The van der Waals surface area contributed by atoms with Gasteiger partial charge < -0.3 is 5.11 Å².